The van der Waals surface area contributed by atoms with Crippen LogP contribution in [-0.2, 0) is 0 Å². The number of benzene rings is 1. The zero-order chi connectivity index (χ0) is 17.5. The van der Waals surface area contributed by atoms with Crippen molar-refractivity contribution < 1.29 is 8.81 Å². The van der Waals surface area contributed by atoms with E-state index in [1.165, 1.54) is 12.1 Å². The van der Waals surface area contributed by atoms with Crippen LogP contribution in [0.2, 0.25) is 0 Å². The number of nitrogens with zero attached hydrogens (tertiary/aromatic N) is 5. The van der Waals surface area contributed by atoms with Crippen molar-refractivity contribution in [3.8, 4) is 0 Å². The van der Waals surface area contributed by atoms with Gasteiger partial charge in [0.25, 0.3) is 6.01 Å². The molecular formula is C17H14FN7O. The third kappa shape index (κ3) is 2.63. The maximum Gasteiger partial charge on any atom is 0.298 e. The van der Waals surface area contributed by atoms with Crippen molar-refractivity contribution in [2.45, 2.75) is 5.92 Å². The minimum absolute atomic E-state index is 0.261. The number of rotatable bonds is 4. The van der Waals surface area contributed by atoms with Crippen molar-refractivity contribution >= 4 is 28.6 Å². The summed E-state index contributed by atoms with van der Waals surface area (Å²) >= 11 is 0. The molecule has 0 amide bonds. The van der Waals surface area contributed by atoms with Crippen LogP contribution in [0.15, 0.2) is 47.4 Å². The summed E-state index contributed by atoms with van der Waals surface area (Å²) in [6.45, 7) is 1.47. The first kappa shape index (κ1) is 14.8. The highest BCUT2D eigenvalue weighted by atomic mass is 19.1. The largest absolute Gasteiger partial charge is 0.423 e. The van der Waals surface area contributed by atoms with Gasteiger partial charge in [-0.1, -0.05) is 0 Å². The van der Waals surface area contributed by atoms with Crippen LogP contribution in [0.1, 0.15) is 11.6 Å². The normalized spacial score (nSPS) is 14.6. The number of halogens is 1. The number of H-pyrrole nitrogens is 1. The first-order chi connectivity index (χ1) is 12.7. The van der Waals surface area contributed by atoms with E-state index < -0.39 is 0 Å². The summed E-state index contributed by atoms with van der Waals surface area (Å²) in [7, 11) is 0. The molecule has 1 aliphatic heterocycles. The summed E-state index contributed by atoms with van der Waals surface area (Å²) in [4.78, 5) is 15.3. The molecule has 0 aliphatic carbocycles. The summed E-state index contributed by atoms with van der Waals surface area (Å²) in [6, 6.07) is 4.85. The second-order valence-electron chi connectivity index (χ2n) is 6.15. The predicted octanol–water partition coefficient (Wildman–Crippen LogP) is 2.83. The molecule has 4 heterocycles. The molecule has 0 unspecified atom stereocenters. The minimum atomic E-state index is -0.332. The van der Waals surface area contributed by atoms with Gasteiger partial charge in [0.15, 0.2) is 5.58 Å². The quantitative estimate of drug-likeness (QED) is 0.583. The van der Waals surface area contributed by atoms with Gasteiger partial charge in [-0.25, -0.2) is 9.37 Å². The highest BCUT2D eigenvalue weighted by Gasteiger charge is 2.32. The lowest BCUT2D eigenvalue weighted by molar-refractivity contribution is 0.455. The van der Waals surface area contributed by atoms with Crippen LogP contribution in [0, 0.1) is 5.82 Å². The predicted molar refractivity (Wildman–Crippen MR) is 92.8 cm³/mol. The number of aromatic nitrogens is 5. The Balaban J connectivity index is 1.25. The number of hydrogen-bond donors (Lipinski definition) is 2. The molecule has 1 fully saturated rings. The molecule has 2 N–H and O–H groups in total. The van der Waals surface area contributed by atoms with E-state index in [4.69, 9.17) is 4.42 Å². The lowest BCUT2D eigenvalue weighted by Crippen LogP contribution is -2.45. The number of anilines is 3. The molecule has 8 nitrogen and oxygen atoms in total. The highest BCUT2D eigenvalue weighted by Crippen LogP contribution is 2.32. The van der Waals surface area contributed by atoms with E-state index in [1.807, 2.05) is 4.90 Å². The number of hydrogen-bond acceptors (Lipinski definition) is 7. The minimum Gasteiger partial charge on any atom is -0.423 e. The molecule has 130 valence electrons. The van der Waals surface area contributed by atoms with Gasteiger partial charge in [-0.3, -0.25) is 10.1 Å². The molecule has 0 spiro atoms. The van der Waals surface area contributed by atoms with Crippen LogP contribution in [0.5, 0.6) is 0 Å². The number of nitrogens with one attached hydrogen (secondary N) is 2. The van der Waals surface area contributed by atoms with Crippen LogP contribution in [-0.4, -0.2) is 38.2 Å². The lowest BCUT2D eigenvalue weighted by Gasteiger charge is -2.37. The van der Waals surface area contributed by atoms with Gasteiger partial charge in [-0.2, -0.15) is 10.1 Å². The summed E-state index contributed by atoms with van der Waals surface area (Å²) in [5, 5.41) is 9.70. The van der Waals surface area contributed by atoms with Crippen molar-refractivity contribution in [1.82, 2.24) is 25.1 Å². The molecule has 5 rings (SSSR count). The van der Waals surface area contributed by atoms with Crippen LogP contribution in [0.25, 0.3) is 11.1 Å². The molecule has 0 atom stereocenters. The fraction of sp³-hybridized carbons (Fsp3) is 0.176. The number of oxazole rings is 1. The molecule has 1 saturated heterocycles. The summed E-state index contributed by atoms with van der Waals surface area (Å²) < 4.78 is 18.9. The molecule has 1 aromatic carbocycles. The summed E-state index contributed by atoms with van der Waals surface area (Å²) in [6.07, 6.45) is 6.89. The Morgan fingerprint density at radius 3 is 2.88 bits per heavy atom. The van der Waals surface area contributed by atoms with Gasteiger partial charge < -0.3 is 14.6 Å². The van der Waals surface area contributed by atoms with E-state index in [1.54, 1.807) is 30.9 Å². The average Bonchev–Trinajstić information content (AvgIpc) is 3.24. The fourth-order valence-corrected chi connectivity index (χ4v) is 2.92. The van der Waals surface area contributed by atoms with Gasteiger partial charge in [0, 0.05) is 31.3 Å². The Labute approximate surface area is 147 Å². The molecule has 0 bridgehead atoms. The SMILES string of the molecule is Fc1ccc2nc(N3CC(c4cnc(Nc5cn[nH]c5)cn4)C3)oc2c1. The van der Waals surface area contributed by atoms with Gasteiger partial charge in [-0.05, 0) is 12.1 Å². The monoisotopic (exact) mass is 351 g/mol. The Hall–Kier alpha value is -3.49. The molecular weight excluding hydrogens is 337 g/mol. The van der Waals surface area contributed by atoms with Crippen molar-refractivity contribution in [3.63, 3.8) is 0 Å². The van der Waals surface area contributed by atoms with Gasteiger partial charge in [0.05, 0.1) is 30.0 Å². The number of aromatic amines is 1. The molecule has 3 aromatic heterocycles. The number of fused-ring (bicyclic) bond motifs is 1. The van der Waals surface area contributed by atoms with E-state index in [0.717, 1.165) is 24.5 Å². The van der Waals surface area contributed by atoms with Gasteiger partial charge in [0.2, 0.25) is 0 Å². The summed E-state index contributed by atoms with van der Waals surface area (Å²) in [5.41, 5.74) is 2.85. The summed E-state index contributed by atoms with van der Waals surface area (Å²) in [5.74, 6) is 0.589. The van der Waals surface area contributed by atoms with Crippen molar-refractivity contribution in [1.29, 1.82) is 0 Å². The Bertz CT molecular complexity index is 1040. The molecule has 1 aliphatic rings. The van der Waals surface area contributed by atoms with E-state index in [2.05, 4.69) is 30.5 Å². The highest BCUT2D eigenvalue weighted by molar-refractivity contribution is 5.74. The second kappa shape index (κ2) is 5.80. The first-order valence-corrected chi connectivity index (χ1v) is 8.13. The topological polar surface area (TPSA) is 95.8 Å². The Morgan fingerprint density at radius 1 is 1.19 bits per heavy atom. The van der Waals surface area contributed by atoms with Gasteiger partial charge >= 0.3 is 0 Å². The van der Waals surface area contributed by atoms with E-state index in [-0.39, 0.29) is 11.7 Å². The molecule has 0 saturated carbocycles. The van der Waals surface area contributed by atoms with Crippen molar-refractivity contribution in [2.24, 2.45) is 0 Å². The molecule has 26 heavy (non-hydrogen) atoms. The van der Waals surface area contributed by atoms with E-state index >= 15 is 0 Å². The Kier molecular flexibility index (Phi) is 3.30. The average molecular weight is 351 g/mol. The van der Waals surface area contributed by atoms with E-state index in [9.17, 15) is 4.39 Å². The molecule has 9 heteroatoms. The molecule has 4 aromatic rings. The Morgan fingerprint density at radius 2 is 2.12 bits per heavy atom. The lowest BCUT2D eigenvalue weighted by atomic mass is 9.97. The van der Waals surface area contributed by atoms with Crippen molar-refractivity contribution in [2.75, 3.05) is 23.3 Å². The zero-order valence-corrected chi connectivity index (χ0v) is 13.6. The van der Waals surface area contributed by atoms with Crippen molar-refractivity contribution in [3.05, 3.63) is 54.5 Å². The maximum absolute atomic E-state index is 13.3. The van der Waals surface area contributed by atoms with E-state index in [0.29, 0.717) is 22.9 Å². The van der Waals surface area contributed by atoms with Crippen LogP contribution in [0.3, 0.4) is 0 Å². The van der Waals surface area contributed by atoms with Crippen LogP contribution in [0.4, 0.5) is 21.9 Å². The van der Waals surface area contributed by atoms with Crippen LogP contribution >= 0.6 is 0 Å². The molecule has 0 radical (unpaired) electrons. The zero-order valence-electron chi connectivity index (χ0n) is 13.6. The third-order valence-corrected chi connectivity index (χ3v) is 4.35. The third-order valence-electron chi connectivity index (χ3n) is 4.35. The first-order valence-electron chi connectivity index (χ1n) is 8.13. The second-order valence-corrected chi connectivity index (χ2v) is 6.15. The van der Waals surface area contributed by atoms with Gasteiger partial charge in [-0.15, -0.1) is 0 Å². The smallest absolute Gasteiger partial charge is 0.298 e. The van der Waals surface area contributed by atoms with Gasteiger partial charge in [0.1, 0.15) is 17.2 Å². The fourth-order valence-electron chi connectivity index (χ4n) is 2.92. The standard InChI is InChI=1S/C17H14FN7O/c18-11-1-2-13-15(3-11)26-17(24-13)25-8-10(9-25)14-6-20-16(7-19-14)23-12-4-21-22-5-12/h1-7,10H,8-9H2,(H,20,23)(H,21,22). The maximum atomic E-state index is 13.3. The van der Waals surface area contributed by atoms with Crippen LogP contribution < -0.4 is 10.2 Å².